The third kappa shape index (κ3) is 5.44. The minimum atomic E-state index is -1.57. The molecule has 2 amide bonds. The zero-order chi connectivity index (χ0) is 30.8. The molecule has 0 radical (unpaired) electrons. The summed E-state index contributed by atoms with van der Waals surface area (Å²) in [6.07, 6.45) is 2.08. The van der Waals surface area contributed by atoms with Crippen molar-refractivity contribution in [1.82, 2.24) is 14.0 Å². The molecular formula is C31H32N4O8. The van der Waals surface area contributed by atoms with Crippen molar-refractivity contribution in [3.05, 3.63) is 105 Å². The summed E-state index contributed by atoms with van der Waals surface area (Å²) >= 11 is 0. The highest BCUT2D eigenvalue weighted by atomic mass is 16.6. The van der Waals surface area contributed by atoms with Crippen molar-refractivity contribution in [3.8, 4) is 11.5 Å². The minimum absolute atomic E-state index is 0.0219. The van der Waals surface area contributed by atoms with Crippen molar-refractivity contribution in [2.75, 3.05) is 25.2 Å². The first-order valence-electron chi connectivity index (χ1n) is 13.6. The molecule has 0 spiro atoms. The highest BCUT2D eigenvalue weighted by Crippen LogP contribution is 2.42. The van der Waals surface area contributed by atoms with Crippen LogP contribution in [0.15, 0.2) is 77.0 Å². The molecule has 0 fully saturated rings. The van der Waals surface area contributed by atoms with Gasteiger partial charge in [0.15, 0.2) is 17.7 Å². The SMILES string of the molecule is C=CCOC(=O)N1c2cc(OCc3ccccc3)c(OC)cc2C(=O)N2CC=C(c3cn(C)c(=O)n(C)c3=O)C[C@H]2C1O. The maximum Gasteiger partial charge on any atom is 0.416 e. The van der Waals surface area contributed by atoms with Crippen molar-refractivity contribution < 1.29 is 28.9 Å². The van der Waals surface area contributed by atoms with Gasteiger partial charge in [0.2, 0.25) is 0 Å². The van der Waals surface area contributed by atoms with E-state index >= 15 is 0 Å². The van der Waals surface area contributed by atoms with E-state index in [1.54, 1.807) is 6.08 Å². The second-order valence-corrected chi connectivity index (χ2v) is 10.2. The topological polar surface area (TPSA) is 133 Å². The van der Waals surface area contributed by atoms with Gasteiger partial charge in [-0.25, -0.2) is 14.5 Å². The van der Waals surface area contributed by atoms with Gasteiger partial charge in [0.05, 0.1) is 30.0 Å². The van der Waals surface area contributed by atoms with E-state index in [0.717, 1.165) is 15.0 Å². The number of methoxy groups -OCH3 is 1. The van der Waals surface area contributed by atoms with Crippen molar-refractivity contribution in [3.63, 3.8) is 0 Å². The molecule has 1 aromatic heterocycles. The van der Waals surface area contributed by atoms with E-state index in [2.05, 4.69) is 6.58 Å². The number of hydrogen-bond acceptors (Lipinski definition) is 8. The van der Waals surface area contributed by atoms with Crippen LogP contribution in [-0.4, -0.2) is 63.7 Å². The molecule has 0 saturated heterocycles. The number of anilines is 1. The predicted molar refractivity (Wildman–Crippen MR) is 158 cm³/mol. The molecule has 2 aliphatic rings. The number of hydrogen-bond donors (Lipinski definition) is 1. The fraction of sp³-hybridized carbons (Fsp3) is 0.290. The molecule has 2 aliphatic heterocycles. The summed E-state index contributed by atoms with van der Waals surface area (Å²) in [5, 5.41) is 11.8. The first kappa shape index (κ1) is 29.4. The summed E-state index contributed by atoms with van der Waals surface area (Å²) in [5.74, 6) is 0.0472. The minimum Gasteiger partial charge on any atom is -0.493 e. The number of carbonyl (C=O) groups excluding carboxylic acids is 2. The van der Waals surface area contributed by atoms with Crippen LogP contribution >= 0.6 is 0 Å². The fourth-order valence-electron chi connectivity index (χ4n) is 5.31. The molecule has 0 saturated carbocycles. The summed E-state index contributed by atoms with van der Waals surface area (Å²) in [4.78, 5) is 55.1. The van der Waals surface area contributed by atoms with Gasteiger partial charge < -0.3 is 28.8 Å². The van der Waals surface area contributed by atoms with Crippen molar-refractivity contribution in [1.29, 1.82) is 0 Å². The summed E-state index contributed by atoms with van der Waals surface area (Å²) in [6.45, 7) is 3.66. The second-order valence-electron chi connectivity index (χ2n) is 10.2. The van der Waals surface area contributed by atoms with Crippen molar-refractivity contribution in [2.45, 2.75) is 25.3 Å². The molecule has 0 bridgehead atoms. The molecule has 3 heterocycles. The number of amides is 2. The van der Waals surface area contributed by atoms with E-state index in [-0.39, 0.29) is 54.5 Å². The monoisotopic (exact) mass is 588 g/mol. The molecule has 12 heteroatoms. The second kappa shape index (κ2) is 12.0. The normalized spacial score (nSPS) is 17.8. The lowest BCUT2D eigenvalue weighted by atomic mass is 9.94. The summed E-state index contributed by atoms with van der Waals surface area (Å²) in [7, 11) is 4.35. The lowest BCUT2D eigenvalue weighted by Gasteiger charge is -2.38. The number of ether oxygens (including phenoxy) is 3. The number of nitrogens with zero attached hydrogens (tertiary/aromatic N) is 4. The van der Waals surface area contributed by atoms with Gasteiger partial charge in [-0.1, -0.05) is 49.1 Å². The number of rotatable bonds is 7. The lowest BCUT2D eigenvalue weighted by molar-refractivity contribution is 0.0397. The molecule has 43 heavy (non-hydrogen) atoms. The van der Waals surface area contributed by atoms with Crippen molar-refractivity contribution >= 4 is 23.3 Å². The van der Waals surface area contributed by atoms with Crippen LogP contribution in [0.1, 0.15) is 27.9 Å². The molecule has 3 aromatic rings. The zero-order valence-electron chi connectivity index (χ0n) is 24.1. The Hall–Kier alpha value is -5.10. The largest absolute Gasteiger partial charge is 0.493 e. The van der Waals surface area contributed by atoms with E-state index in [1.165, 1.54) is 55.1 Å². The molecule has 5 rings (SSSR count). The summed E-state index contributed by atoms with van der Waals surface area (Å²) in [6, 6.07) is 11.4. The van der Waals surface area contributed by atoms with Gasteiger partial charge >= 0.3 is 11.8 Å². The Morgan fingerprint density at radius 3 is 2.53 bits per heavy atom. The Labute approximate surface area is 247 Å². The molecule has 2 atom stereocenters. The summed E-state index contributed by atoms with van der Waals surface area (Å²) in [5.41, 5.74) is 0.845. The van der Waals surface area contributed by atoms with Crippen LogP contribution in [0.4, 0.5) is 10.5 Å². The number of aromatic nitrogens is 2. The Bertz CT molecular complexity index is 1730. The van der Waals surface area contributed by atoms with Crippen LogP contribution in [0, 0.1) is 0 Å². The highest BCUT2D eigenvalue weighted by molar-refractivity contribution is 6.06. The van der Waals surface area contributed by atoms with E-state index in [4.69, 9.17) is 14.2 Å². The number of aliphatic hydroxyl groups is 1. The van der Waals surface area contributed by atoms with E-state index < -0.39 is 35.5 Å². The molecular weight excluding hydrogens is 556 g/mol. The number of aliphatic hydroxyl groups excluding tert-OH is 1. The van der Waals surface area contributed by atoms with Crippen LogP contribution in [0.2, 0.25) is 0 Å². The average molecular weight is 589 g/mol. The molecule has 224 valence electrons. The maximum absolute atomic E-state index is 14.0. The average Bonchev–Trinajstić information content (AvgIpc) is 3.11. The van der Waals surface area contributed by atoms with E-state index in [0.29, 0.717) is 5.57 Å². The smallest absolute Gasteiger partial charge is 0.416 e. The standard InChI is InChI=1S/C31H32N4O8/c1-5-13-42-31(40)35-23-16-26(43-18-19-9-7-6-8-10-19)25(41-4)15-21(23)28(37)34-12-11-20(14-24(34)29(35)38)22-17-32(2)30(39)33(3)27(22)36/h5-11,15-17,24,29,38H,1,12-14,18H2,2-4H3/t24-,29?/m0/s1. The maximum atomic E-state index is 14.0. The first-order valence-corrected chi connectivity index (χ1v) is 13.6. The number of aryl methyl sites for hydroxylation is 1. The zero-order valence-corrected chi connectivity index (χ0v) is 24.1. The molecule has 1 unspecified atom stereocenters. The predicted octanol–water partition coefficient (Wildman–Crippen LogP) is 2.43. The Morgan fingerprint density at radius 1 is 1.09 bits per heavy atom. The van der Waals surface area contributed by atoms with Crippen LogP contribution in [0.3, 0.4) is 0 Å². The third-order valence-corrected chi connectivity index (χ3v) is 7.56. The first-order chi connectivity index (χ1) is 20.7. The van der Waals surface area contributed by atoms with E-state index in [9.17, 15) is 24.3 Å². The van der Waals surface area contributed by atoms with Crippen LogP contribution in [-0.2, 0) is 25.4 Å². The Kier molecular flexibility index (Phi) is 8.22. The van der Waals surface area contributed by atoms with Crippen LogP contribution in [0.5, 0.6) is 11.5 Å². The van der Waals surface area contributed by atoms with Gasteiger partial charge in [-0.2, -0.15) is 0 Å². The van der Waals surface area contributed by atoms with Gasteiger partial charge in [0.1, 0.15) is 13.2 Å². The molecule has 0 aliphatic carbocycles. The molecule has 2 aromatic carbocycles. The fourth-order valence-corrected chi connectivity index (χ4v) is 5.31. The highest BCUT2D eigenvalue weighted by Gasteiger charge is 2.45. The van der Waals surface area contributed by atoms with Gasteiger partial charge in [-0.05, 0) is 23.6 Å². The Balaban J connectivity index is 1.59. The van der Waals surface area contributed by atoms with E-state index in [1.807, 2.05) is 30.3 Å². The van der Waals surface area contributed by atoms with Gasteiger partial charge in [0.25, 0.3) is 11.5 Å². The van der Waals surface area contributed by atoms with Gasteiger partial charge in [-0.15, -0.1) is 0 Å². The lowest BCUT2D eigenvalue weighted by Crippen LogP contribution is -2.54. The number of benzene rings is 2. The number of fused-ring (bicyclic) bond motifs is 2. The molecule has 12 nitrogen and oxygen atoms in total. The quantitative estimate of drug-likeness (QED) is 0.417. The van der Waals surface area contributed by atoms with Crippen molar-refractivity contribution in [2.24, 2.45) is 14.1 Å². The van der Waals surface area contributed by atoms with Gasteiger partial charge in [-0.3, -0.25) is 14.2 Å². The van der Waals surface area contributed by atoms with Crippen LogP contribution in [0.25, 0.3) is 5.57 Å². The third-order valence-electron chi connectivity index (χ3n) is 7.56. The van der Waals surface area contributed by atoms with Crippen LogP contribution < -0.4 is 25.6 Å². The summed E-state index contributed by atoms with van der Waals surface area (Å²) < 4.78 is 19.2. The number of carbonyl (C=O) groups is 2. The Morgan fingerprint density at radius 2 is 1.84 bits per heavy atom. The molecule has 1 N–H and O–H groups in total. The van der Waals surface area contributed by atoms with Gasteiger partial charge in [0, 0.05) is 32.9 Å².